The minimum absolute atomic E-state index is 0.189. The molecule has 0 aliphatic heterocycles. The molecule has 0 unspecified atom stereocenters. The lowest BCUT2D eigenvalue weighted by Gasteiger charge is -2.16. The van der Waals surface area contributed by atoms with E-state index in [0.717, 1.165) is 12.0 Å². The third-order valence-corrected chi connectivity index (χ3v) is 3.16. The topological polar surface area (TPSA) is 52.3 Å². The number of nitrogens with two attached hydrogens (primary N) is 1. The van der Waals surface area contributed by atoms with E-state index in [-0.39, 0.29) is 18.5 Å². The molecule has 0 spiro atoms. The smallest absolute Gasteiger partial charge is 0.306 e. The Morgan fingerprint density at radius 1 is 1.32 bits per heavy atom. The van der Waals surface area contributed by atoms with Crippen LogP contribution < -0.4 is 5.73 Å². The van der Waals surface area contributed by atoms with Crippen LogP contribution in [-0.2, 0) is 16.1 Å². The number of hydrogen-bond acceptors (Lipinski definition) is 3. The Bertz CT molecular complexity index is 390. The van der Waals surface area contributed by atoms with E-state index in [0.29, 0.717) is 23.9 Å². The van der Waals surface area contributed by atoms with Gasteiger partial charge in [-0.1, -0.05) is 37.6 Å². The molecule has 4 heteroatoms. The molecule has 0 heterocycles. The lowest BCUT2D eigenvalue weighted by molar-refractivity contribution is -0.146. The molecule has 0 aliphatic carbocycles. The molecule has 1 rings (SSSR count). The number of rotatable bonds is 7. The molecule has 19 heavy (non-hydrogen) atoms. The van der Waals surface area contributed by atoms with Crippen molar-refractivity contribution in [3.05, 3.63) is 34.9 Å². The molecular weight excluding hydrogens is 262 g/mol. The molecule has 0 aromatic heterocycles. The van der Waals surface area contributed by atoms with Crippen LogP contribution in [0.5, 0.6) is 0 Å². The molecule has 0 radical (unpaired) electrons. The van der Waals surface area contributed by atoms with Gasteiger partial charge in [-0.25, -0.2) is 0 Å². The highest BCUT2D eigenvalue weighted by Gasteiger charge is 2.15. The molecule has 0 aliphatic rings. The van der Waals surface area contributed by atoms with Crippen LogP contribution in [0.15, 0.2) is 24.3 Å². The predicted molar refractivity (Wildman–Crippen MR) is 77.9 cm³/mol. The van der Waals surface area contributed by atoms with Gasteiger partial charge in [-0.15, -0.1) is 0 Å². The summed E-state index contributed by atoms with van der Waals surface area (Å²) in [5, 5.41) is 0.676. The van der Waals surface area contributed by atoms with Crippen molar-refractivity contribution in [2.45, 2.75) is 33.3 Å². The van der Waals surface area contributed by atoms with E-state index in [2.05, 4.69) is 13.8 Å². The number of carbonyl (C=O) groups is 1. The highest BCUT2D eigenvalue weighted by atomic mass is 35.5. The molecule has 1 atom stereocenters. The molecule has 0 saturated heterocycles. The summed E-state index contributed by atoms with van der Waals surface area (Å²) in [6.45, 7) is 5.06. The fourth-order valence-electron chi connectivity index (χ4n) is 1.97. The van der Waals surface area contributed by atoms with Gasteiger partial charge in [0.2, 0.25) is 0 Å². The Balaban J connectivity index is 2.36. The number of benzene rings is 1. The first kappa shape index (κ1) is 16.0. The van der Waals surface area contributed by atoms with Crippen molar-refractivity contribution in [3.63, 3.8) is 0 Å². The Morgan fingerprint density at radius 2 is 1.95 bits per heavy atom. The second-order valence-corrected chi connectivity index (χ2v) is 5.66. The standard InChI is InChI=1S/C15H22ClNO2/c1-11(2)7-13(9-17)8-15(18)19-10-12-3-5-14(16)6-4-12/h3-6,11,13H,7-10,17H2,1-2H3/t13-/m0/s1. The van der Waals surface area contributed by atoms with E-state index in [1.54, 1.807) is 12.1 Å². The van der Waals surface area contributed by atoms with Gasteiger partial charge in [0.15, 0.2) is 0 Å². The van der Waals surface area contributed by atoms with Crippen molar-refractivity contribution in [3.8, 4) is 0 Å². The number of halogens is 1. The van der Waals surface area contributed by atoms with Gasteiger partial charge < -0.3 is 10.5 Å². The third kappa shape index (κ3) is 6.60. The highest BCUT2D eigenvalue weighted by molar-refractivity contribution is 6.30. The fraction of sp³-hybridized carbons (Fsp3) is 0.533. The van der Waals surface area contributed by atoms with Gasteiger partial charge >= 0.3 is 5.97 Å². The maximum atomic E-state index is 11.7. The van der Waals surface area contributed by atoms with E-state index in [9.17, 15) is 4.79 Å². The first-order valence-corrected chi connectivity index (χ1v) is 6.99. The number of hydrogen-bond donors (Lipinski definition) is 1. The van der Waals surface area contributed by atoms with Crippen LogP contribution >= 0.6 is 11.6 Å². The van der Waals surface area contributed by atoms with Crippen LogP contribution in [0.3, 0.4) is 0 Å². The molecular formula is C15H22ClNO2. The van der Waals surface area contributed by atoms with Crippen molar-refractivity contribution in [1.29, 1.82) is 0 Å². The van der Waals surface area contributed by atoms with Crippen LogP contribution in [-0.4, -0.2) is 12.5 Å². The van der Waals surface area contributed by atoms with Crippen LogP contribution in [0.1, 0.15) is 32.3 Å². The maximum Gasteiger partial charge on any atom is 0.306 e. The average molecular weight is 284 g/mol. The summed E-state index contributed by atoms with van der Waals surface area (Å²) in [6.07, 6.45) is 1.34. The number of esters is 1. The minimum Gasteiger partial charge on any atom is -0.461 e. The Hall–Kier alpha value is -1.06. The van der Waals surface area contributed by atoms with E-state index >= 15 is 0 Å². The molecule has 0 fully saturated rings. The van der Waals surface area contributed by atoms with Crippen molar-refractivity contribution in [2.24, 2.45) is 17.6 Å². The quantitative estimate of drug-likeness (QED) is 0.781. The van der Waals surface area contributed by atoms with Crippen LogP contribution in [0.4, 0.5) is 0 Å². The minimum atomic E-state index is -0.189. The van der Waals surface area contributed by atoms with Crippen LogP contribution in [0.2, 0.25) is 5.02 Å². The highest BCUT2D eigenvalue weighted by Crippen LogP contribution is 2.16. The SMILES string of the molecule is CC(C)C[C@H](CN)CC(=O)OCc1ccc(Cl)cc1. The second kappa shape index (κ2) is 8.18. The Kier molecular flexibility index (Phi) is 6.89. The Labute approximate surface area is 120 Å². The van der Waals surface area contributed by atoms with E-state index in [1.165, 1.54) is 0 Å². The lowest BCUT2D eigenvalue weighted by atomic mass is 9.94. The zero-order chi connectivity index (χ0) is 14.3. The van der Waals surface area contributed by atoms with Gasteiger partial charge in [0.25, 0.3) is 0 Å². The van der Waals surface area contributed by atoms with E-state index < -0.39 is 0 Å². The molecule has 0 saturated carbocycles. The van der Waals surface area contributed by atoms with Crippen molar-refractivity contribution in [1.82, 2.24) is 0 Å². The summed E-state index contributed by atoms with van der Waals surface area (Å²) in [4.78, 5) is 11.7. The van der Waals surface area contributed by atoms with Gasteiger partial charge in [-0.05, 0) is 42.5 Å². The van der Waals surface area contributed by atoms with E-state index in [4.69, 9.17) is 22.1 Å². The van der Waals surface area contributed by atoms with Gasteiger partial charge in [0, 0.05) is 11.4 Å². The summed E-state index contributed by atoms with van der Waals surface area (Å²) >= 11 is 5.79. The first-order valence-electron chi connectivity index (χ1n) is 6.61. The molecule has 106 valence electrons. The summed E-state index contributed by atoms with van der Waals surface area (Å²) in [6, 6.07) is 7.27. The summed E-state index contributed by atoms with van der Waals surface area (Å²) < 4.78 is 5.24. The summed E-state index contributed by atoms with van der Waals surface area (Å²) in [7, 11) is 0. The van der Waals surface area contributed by atoms with Crippen LogP contribution in [0, 0.1) is 11.8 Å². The number of carbonyl (C=O) groups excluding carboxylic acids is 1. The van der Waals surface area contributed by atoms with Crippen molar-refractivity contribution in [2.75, 3.05) is 6.54 Å². The molecule has 0 amide bonds. The van der Waals surface area contributed by atoms with Gasteiger partial charge in [-0.3, -0.25) is 4.79 Å². The first-order chi connectivity index (χ1) is 9.01. The zero-order valence-electron chi connectivity index (χ0n) is 11.6. The molecule has 0 bridgehead atoms. The number of ether oxygens (including phenoxy) is 1. The maximum absolute atomic E-state index is 11.7. The van der Waals surface area contributed by atoms with Gasteiger partial charge in [0.1, 0.15) is 6.61 Å². The summed E-state index contributed by atoms with van der Waals surface area (Å²) in [5.41, 5.74) is 6.61. The molecule has 1 aromatic carbocycles. The fourth-order valence-corrected chi connectivity index (χ4v) is 2.09. The zero-order valence-corrected chi connectivity index (χ0v) is 12.3. The second-order valence-electron chi connectivity index (χ2n) is 5.22. The lowest BCUT2D eigenvalue weighted by Crippen LogP contribution is -2.21. The average Bonchev–Trinajstić information content (AvgIpc) is 2.36. The van der Waals surface area contributed by atoms with Gasteiger partial charge in [0.05, 0.1) is 0 Å². The Morgan fingerprint density at radius 3 is 2.47 bits per heavy atom. The van der Waals surface area contributed by atoms with Crippen molar-refractivity contribution >= 4 is 17.6 Å². The largest absolute Gasteiger partial charge is 0.461 e. The predicted octanol–water partition coefficient (Wildman–Crippen LogP) is 3.39. The van der Waals surface area contributed by atoms with Crippen molar-refractivity contribution < 1.29 is 9.53 Å². The van der Waals surface area contributed by atoms with E-state index in [1.807, 2.05) is 12.1 Å². The molecule has 3 nitrogen and oxygen atoms in total. The monoisotopic (exact) mass is 283 g/mol. The van der Waals surface area contributed by atoms with Crippen LogP contribution in [0.25, 0.3) is 0 Å². The normalized spacial score (nSPS) is 12.5. The summed E-state index contributed by atoms with van der Waals surface area (Å²) in [5.74, 6) is 0.557. The third-order valence-electron chi connectivity index (χ3n) is 2.91. The molecule has 2 N–H and O–H groups in total. The van der Waals surface area contributed by atoms with Gasteiger partial charge in [-0.2, -0.15) is 0 Å². The molecule has 1 aromatic rings.